The Morgan fingerprint density at radius 3 is 2.76 bits per heavy atom. The van der Waals surface area contributed by atoms with E-state index in [-0.39, 0.29) is 0 Å². The summed E-state index contributed by atoms with van der Waals surface area (Å²) in [4.78, 5) is 30.0. The van der Waals surface area contributed by atoms with E-state index >= 15 is 0 Å². The number of nitrogens with two attached hydrogens (primary N) is 1. The summed E-state index contributed by atoms with van der Waals surface area (Å²) < 4.78 is 5.26. The minimum atomic E-state index is -0.901. The number of H-pyrrole nitrogens is 1. The third-order valence-corrected chi connectivity index (χ3v) is 5.67. The molecule has 4 aromatic heterocycles. The normalized spacial score (nSPS) is 20.0. The fourth-order valence-electron chi connectivity index (χ4n) is 4.07. The van der Waals surface area contributed by atoms with Gasteiger partial charge < -0.3 is 20.8 Å². The molecule has 0 amide bonds. The summed E-state index contributed by atoms with van der Waals surface area (Å²) in [5.74, 6) is 1.10. The Morgan fingerprint density at radius 2 is 2.00 bits per heavy atom. The van der Waals surface area contributed by atoms with E-state index in [2.05, 4.69) is 41.3 Å². The Bertz CT molecular complexity index is 1330. The molecule has 4 N–H and O–H groups in total. The topological polar surface area (TPSA) is 140 Å². The Labute approximate surface area is 190 Å². The summed E-state index contributed by atoms with van der Waals surface area (Å²) in [5, 5.41) is 3.40. The molecule has 0 saturated carbocycles. The second-order valence-electron chi connectivity index (χ2n) is 7.71. The number of dihydropyridines is 1. The average Bonchev–Trinajstić information content (AvgIpc) is 3.32. The van der Waals surface area contributed by atoms with Crippen LogP contribution in [0, 0.1) is 6.92 Å². The maximum atomic E-state index is 6.70. The molecule has 1 aliphatic rings. The van der Waals surface area contributed by atoms with E-state index in [9.17, 15) is 0 Å². The summed E-state index contributed by atoms with van der Waals surface area (Å²) in [6.07, 6.45) is 10.1. The predicted octanol–water partition coefficient (Wildman–Crippen LogP) is 2.15. The van der Waals surface area contributed by atoms with Crippen LogP contribution in [0.25, 0.3) is 11.2 Å². The van der Waals surface area contributed by atoms with Crippen LogP contribution in [-0.2, 0) is 5.41 Å². The zero-order valence-electron chi connectivity index (χ0n) is 18.2. The van der Waals surface area contributed by atoms with E-state index in [4.69, 9.17) is 15.5 Å². The van der Waals surface area contributed by atoms with Crippen molar-refractivity contribution >= 4 is 23.1 Å². The Morgan fingerprint density at radius 1 is 1.15 bits per heavy atom. The molecule has 0 bridgehead atoms. The molecule has 10 nitrogen and oxygen atoms in total. The number of anilines is 1. The molecule has 4 aromatic rings. The van der Waals surface area contributed by atoms with Crippen LogP contribution < -0.4 is 15.8 Å². The van der Waals surface area contributed by atoms with Crippen molar-refractivity contribution in [1.82, 2.24) is 29.9 Å². The van der Waals surface area contributed by atoms with Gasteiger partial charge in [-0.15, -0.1) is 0 Å². The molecule has 0 fully saturated rings. The van der Waals surface area contributed by atoms with Gasteiger partial charge in [0.1, 0.15) is 17.5 Å². The van der Waals surface area contributed by atoms with Crippen LogP contribution in [0.1, 0.15) is 17.1 Å². The molecule has 33 heavy (non-hydrogen) atoms. The molecular weight excluding hydrogens is 418 g/mol. The Hall–Kier alpha value is -4.18. The zero-order valence-corrected chi connectivity index (χ0v) is 18.2. The highest BCUT2D eigenvalue weighted by Crippen LogP contribution is 2.41. The van der Waals surface area contributed by atoms with Gasteiger partial charge in [-0.3, -0.25) is 9.98 Å². The van der Waals surface area contributed by atoms with Crippen LogP contribution in [0.15, 0.2) is 65.8 Å². The number of nitrogens with one attached hydrogen (secondary N) is 2. The van der Waals surface area contributed by atoms with Crippen LogP contribution in [0.3, 0.4) is 0 Å². The molecule has 0 saturated heterocycles. The molecule has 0 radical (unpaired) electrons. The molecule has 5 heterocycles. The number of aryl methyl sites for hydroxylation is 1. The second kappa shape index (κ2) is 8.40. The Balaban J connectivity index is 1.67. The molecule has 0 aromatic carbocycles. The fourth-order valence-corrected chi connectivity index (χ4v) is 4.07. The van der Waals surface area contributed by atoms with Crippen molar-refractivity contribution in [1.29, 1.82) is 0 Å². The molecule has 1 aliphatic heterocycles. The van der Waals surface area contributed by atoms with Crippen LogP contribution in [-0.4, -0.2) is 55.9 Å². The number of fused-ring (bicyclic) bond motifs is 1. The summed E-state index contributed by atoms with van der Waals surface area (Å²) in [6, 6.07) is 7.57. The number of aromatic amines is 1. The number of hydrogen-bond donors (Lipinski definition) is 3. The maximum Gasteiger partial charge on any atom is 0.212 e. The van der Waals surface area contributed by atoms with Crippen LogP contribution in [0.2, 0.25) is 0 Å². The lowest BCUT2D eigenvalue weighted by Gasteiger charge is -2.37. The highest BCUT2D eigenvalue weighted by molar-refractivity contribution is 5.84. The van der Waals surface area contributed by atoms with Crippen molar-refractivity contribution in [2.45, 2.75) is 18.5 Å². The number of pyridine rings is 2. The number of nitrogens with zero attached hydrogens (tertiary/aromatic N) is 6. The van der Waals surface area contributed by atoms with Gasteiger partial charge in [0.2, 0.25) is 5.88 Å². The van der Waals surface area contributed by atoms with E-state index in [1.54, 1.807) is 38.2 Å². The van der Waals surface area contributed by atoms with E-state index in [0.29, 0.717) is 35.1 Å². The van der Waals surface area contributed by atoms with Crippen molar-refractivity contribution in [3.63, 3.8) is 0 Å². The molecule has 2 unspecified atom stereocenters. The lowest BCUT2D eigenvalue weighted by atomic mass is 9.72. The smallest absolute Gasteiger partial charge is 0.212 e. The lowest BCUT2D eigenvalue weighted by Crippen LogP contribution is -2.47. The minimum absolute atomic E-state index is 0.510. The highest BCUT2D eigenvalue weighted by Gasteiger charge is 2.44. The molecule has 166 valence electrons. The van der Waals surface area contributed by atoms with E-state index < -0.39 is 11.6 Å². The van der Waals surface area contributed by atoms with Crippen molar-refractivity contribution in [3.8, 4) is 5.88 Å². The van der Waals surface area contributed by atoms with E-state index in [1.807, 2.05) is 31.2 Å². The third-order valence-electron chi connectivity index (χ3n) is 5.67. The number of aliphatic imine (C=N–C) groups is 1. The SMILES string of the molecule is COc1ccc(C2(c3nc(C)nc4nc[nH]c34)C=C(CNc3ccncc3)C=NC2N)cn1. The number of ether oxygens (including phenoxy) is 1. The zero-order chi connectivity index (χ0) is 22.8. The quantitative estimate of drug-likeness (QED) is 0.413. The van der Waals surface area contributed by atoms with E-state index in [1.165, 1.54) is 0 Å². The number of imidazole rings is 1. The summed E-state index contributed by atoms with van der Waals surface area (Å²) in [5.41, 5.74) is 10.5. The van der Waals surface area contributed by atoms with Gasteiger partial charge in [-0.05, 0) is 30.2 Å². The van der Waals surface area contributed by atoms with Gasteiger partial charge in [0, 0.05) is 43.1 Å². The van der Waals surface area contributed by atoms with E-state index in [0.717, 1.165) is 16.8 Å². The first-order valence-corrected chi connectivity index (χ1v) is 10.4. The first-order chi connectivity index (χ1) is 16.1. The molecule has 0 spiro atoms. The van der Waals surface area contributed by atoms with Crippen molar-refractivity contribution in [3.05, 3.63) is 77.9 Å². The number of aromatic nitrogens is 6. The van der Waals surface area contributed by atoms with Gasteiger partial charge in [-0.1, -0.05) is 12.1 Å². The van der Waals surface area contributed by atoms with Crippen molar-refractivity contribution in [2.75, 3.05) is 19.0 Å². The Kier molecular flexibility index (Phi) is 5.27. The first kappa shape index (κ1) is 20.7. The van der Waals surface area contributed by atoms with Crippen LogP contribution in [0.5, 0.6) is 5.88 Å². The van der Waals surface area contributed by atoms with Gasteiger partial charge in [0.25, 0.3) is 0 Å². The minimum Gasteiger partial charge on any atom is -0.481 e. The maximum absolute atomic E-state index is 6.70. The van der Waals surface area contributed by atoms with Gasteiger partial charge in [0.15, 0.2) is 5.65 Å². The van der Waals surface area contributed by atoms with Gasteiger partial charge in [0.05, 0.1) is 24.5 Å². The third kappa shape index (κ3) is 3.70. The monoisotopic (exact) mass is 441 g/mol. The van der Waals surface area contributed by atoms with Gasteiger partial charge in [-0.2, -0.15) is 0 Å². The summed E-state index contributed by atoms with van der Waals surface area (Å²) in [6.45, 7) is 2.38. The summed E-state index contributed by atoms with van der Waals surface area (Å²) >= 11 is 0. The number of hydrogen-bond acceptors (Lipinski definition) is 9. The van der Waals surface area contributed by atoms with Gasteiger partial charge in [-0.25, -0.2) is 19.9 Å². The fraction of sp³-hybridized carbons (Fsp3) is 0.217. The predicted molar refractivity (Wildman–Crippen MR) is 125 cm³/mol. The number of rotatable bonds is 6. The van der Waals surface area contributed by atoms with Crippen LogP contribution in [0.4, 0.5) is 5.69 Å². The average molecular weight is 441 g/mol. The summed E-state index contributed by atoms with van der Waals surface area (Å²) in [7, 11) is 1.58. The lowest BCUT2D eigenvalue weighted by molar-refractivity contribution is 0.396. The molecule has 0 aliphatic carbocycles. The van der Waals surface area contributed by atoms with Gasteiger partial charge >= 0.3 is 0 Å². The molecule has 2 atom stereocenters. The van der Waals surface area contributed by atoms with Crippen molar-refractivity contribution < 1.29 is 4.74 Å². The molecule has 5 rings (SSSR count). The molecule has 10 heteroatoms. The standard InChI is InChI=1S/C23H23N9O/c1-14-31-20(19-21(32-14)30-13-29-19)23(16-3-4-18(33-2)27-12-16)9-15(11-28-22(23)24)10-26-17-5-7-25-8-6-17/h3-9,11-13,22H,10,24H2,1-2H3,(H,25,26)(H,29,30,31,32). The first-order valence-electron chi connectivity index (χ1n) is 10.4. The highest BCUT2D eigenvalue weighted by atomic mass is 16.5. The number of methoxy groups -OCH3 is 1. The van der Waals surface area contributed by atoms with Crippen LogP contribution >= 0.6 is 0 Å². The molecular formula is C23H23N9O. The van der Waals surface area contributed by atoms with Crippen molar-refractivity contribution in [2.24, 2.45) is 10.7 Å². The largest absolute Gasteiger partial charge is 0.481 e. The second-order valence-corrected chi connectivity index (χ2v) is 7.71.